The number of hydrogen-bond donors (Lipinski definition) is 0. The van der Waals surface area contributed by atoms with Crippen molar-refractivity contribution in [3.8, 4) is 5.75 Å². The van der Waals surface area contributed by atoms with Crippen LogP contribution in [-0.4, -0.2) is 20.3 Å². The zero-order valence-electron chi connectivity index (χ0n) is 12.0. The van der Waals surface area contributed by atoms with E-state index in [4.69, 9.17) is 4.74 Å². The number of hydrogen-bond acceptors (Lipinski definition) is 4. The van der Waals surface area contributed by atoms with Gasteiger partial charge in [-0.1, -0.05) is 33.8 Å². The third kappa shape index (κ3) is 6.25. The van der Waals surface area contributed by atoms with E-state index in [9.17, 15) is 4.79 Å². The minimum atomic E-state index is -0.352. The molecule has 0 N–H and O–H groups in total. The summed E-state index contributed by atoms with van der Waals surface area (Å²) in [7, 11) is 0. The van der Waals surface area contributed by atoms with Gasteiger partial charge >= 0.3 is 6.09 Å². The molecule has 0 fully saturated rings. The maximum absolute atomic E-state index is 12.1. The molecule has 1 amide bonds. The van der Waals surface area contributed by atoms with Crippen molar-refractivity contribution in [2.24, 2.45) is 0 Å². The molecule has 19 heavy (non-hydrogen) atoms. The topological polar surface area (TPSA) is 29.5 Å². The van der Waals surface area contributed by atoms with Crippen molar-refractivity contribution in [3.63, 3.8) is 0 Å². The summed E-state index contributed by atoms with van der Waals surface area (Å²) in [6, 6.07) is 8.36. The Morgan fingerprint density at radius 2 is 1.79 bits per heavy atom. The Kier molecular flexibility index (Phi) is 6.58. The third-order valence-electron chi connectivity index (χ3n) is 1.91. The SMILES string of the molecule is Cc1[c]cc(OC(=O)N(SC(C)C)SC(C)C)cc1. The van der Waals surface area contributed by atoms with Gasteiger partial charge in [0.1, 0.15) is 5.75 Å². The lowest BCUT2D eigenvalue weighted by Gasteiger charge is -2.22. The van der Waals surface area contributed by atoms with Crippen molar-refractivity contribution in [2.45, 2.75) is 45.1 Å². The second-order valence-corrected chi connectivity index (χ2v) is 7.91. The number of benzene rings is 1. The van der Waals surface area contributed by atoms with Gasteiger partial charge in [0.25, 0.3) is 0 Å². The number of nitrogens with zero attached hydrogens (tertiary/aromatic N) is 1. The van der Waals surface area contributed by atoms with Gasteiger partial charge in [-0.05, 0) is 54.6 Å². The van der Waals surface area contributed by atoms with Crippen LogP contribution in [0.5, 0.6) is 5.75 Å². The van der Waals surface area contributed by atoms with Crippen LogP contribution in [0.4, 0.5) is 4.79 Å². The van der Waals surface area contributed by atoms with E-state index in [1.807, 2.05) is 40.7 Å². The Hall–Kier alpha value is -0.810. The van der Waals surface area contributed by atoms with E-state index >= 15 is 0 Å². The van der Waals surface area contributed by atoms with E-state index in [1.54, 1.807) is 15.8 Å². The van der Waals surface area contributed by atoms with Crippen molar-refractivity contribution in [3.05, 3.63) is 29.8 Å². The molecule has 0 aliphatic carbocycles. The summed E-state index contributed by atoms with van der Waals surface area (Å²) in [4.78, 5) is 12.1. The van der Waals surface area contributed by atoms with Gasteiger partial charge in [0.15, 0.2) is 0 Å². The van der Waals surface area contributed by atoms with Crippen molar-refractivity contribution in [1.29, 1.82) is 0 Å². The number of carbonyl (C=O) groups excluding carboxylic acids is 1. The highest BCUT2D eigenvalue weighted by Crippen LogP contribution is 2.30. The Morgan fingerprint density at radius 1 is 1.21 bits per heavy atom. The monoisotopic (exact) mass is 298 g/mol. The summed E-state index contributed by atoms with van der Waals surface area (Å²) in [6.07, 6.45) is -0.352. The molecule has 1 rings (SSSR count). The van der Waals surface area contributed by atoms with Crippen molar-refractivity contribution >= 4 is 30.0 Å². The molecule has 105 valence electrons. The van der Waals surface area contributed by atoms with Crippen molar-refractivity contribution < 1.29 is 9.53 Å². The summed E-state index contributed by atoms with van der Waals surface area (Å²) < 4.78 is 6.95. The lowest BCUT2D eigenvalue weighted by Crippen LogP contribution is -2.24. The molecular weight excluding hydrogens is 278 g/mol. The predicted octanol–water partition coefficient (Wildman–Crippen LogP) is 4.71. The summed E-state index contributed by atoms with van der Waals surface area (Å²) in [5.74, 6) is 0.523. The van der Waals surface area contributed by atoms with Crippen molar-refractivity contribution in [1.82, 2.24) is 3.71 Å². The first-order valence-corrected chi connectivity index (χ1v) is 7.89. The molecule has 5 heteroatoms. The first-order chi connectivity index (χ1) is 8.88. The van der Waals surface area contributed by atoms with Crippen LogP contribution in [0, 0.1) is 13.0 Å². The Bertz CT molecular complexity index is 394. The molecule has 1 aromatic carbocycles. The molecule has 0 aliphatic heterocycles. The summed E-state index contributed by atoms with van der Waals surface area (Å²) in [6.45, 7) is 10.1. The van der Waals surface area contributed by atoms with Gasteiger partial charge in [0, 0.05) is 10.5 Å². The first kappa shape index (κ1) is 16.2. The molecule has 0 bridgehead atoms. The fourth-order valence-corrected chi connectivity index (χ4v) is 3.43. The van der Waals surface area contributed by atoms with Crippen LogP contribution in [0.25, 0.3) is 0 Å². The van der Waals surface area contributed by atoms with Gasteiger partial charge in [-0.15, -0.1) is 0 Å². The Balaban J connectivity index is 2.67. The average Bonchev–Trinajstić information content (AvgIpc) is 2.30. The van der Waals surface area contributed by atoms with Crippen LogP contribution in [0.1, 0.15) is 33.3 Å². The second-order valence-electron chi connectivity index (χ2n) is 4.64. The minimum Gasteiger partial charge on any atom is -0.409 e. The standard InChI is InChI=1S/C14H20NO2S2/c1-10(2)18-15(19-11(3)4)14(16)17-13-8-6-12(5)7-9-13/h6,8-11H,1-5H3. The van der Waals surface area contributed by atoms with Crippen LogP contribution in [-0.2, 0) is 0 Å². The molecule has 0 atom stereocenters. The first-order valence-electron chi connectivity index (χ1n) is 6.22. The number of ether oxygens (including phenoxy) is 1. The van der Waals surface area contributed by atoms with Gasteiger partial charge in [-0.2, -0.15) is 3.71 Å². The molecule has 0 aliphatic rings. The zero-order chi connectivity index (χ0) is 14.4. The van der Waals surface area contributed by atoms with Gasteiger partial charge in [0.05, 0.1) is 0 Å². The van der Waals surface area contributed by atoms with Gasteiger partial charge in [0.2, 0.25) is 0 Å². The van der Waals surface area contributed by atoms with E-state index < -0.39 is 0 Å². The Labute approximate surface area is 124 Å². The molecular formula is C14H20NO2S2. The lowest BCUT2D eigenvalue weighted by molar-refractivity contribution is 0.197. The third-order valence-corrected chi connectivity index (χ3v) is 3.95. The maximum Gasteiger partial charge on any atom is 0.435 e. The molecule has 1 radical (unpaired) electrons. The number of amides is 1. The smallest absolute Gasteiger partial charge is 0.409 e. The van der Waals surface area contributed by atoms with E-state index in [0.29, 0.717) is 16.2 Å². The summed E-state index contributed by atoms with van der Waals surface area (Å²) >= 11 is 2.94. The molecule has 0 spiro atoms. The van der Waals surface area contributed by atoms with Crippen LogP contribution >= 0.6 is 23.9 Å². The number of rotatable bonds is 5. The van der Waals surface area contributed by atoms with Gasteiger partial charge < -0.3 is 4.74 Å². The zero-order valence-corrected chi connectivity index (χ0v) is 13.6. The van der Waals surface area contributed by atoms with Crippen LogP contribution in [0.15, 0.2) is 18.2 Å². The quantitative estimate of drug-likeness (QED) is 0.736. The lowest BCUT2D eigenvalue weighted by atomic mass is 10.2. The number of aryl methyl sites for hydroxylation is 1. The van der Waals surface area contributed by atoms with E-state index in [1.165, 1.54) is 23.9 Å². The van der Waals surface area contributed by atoms with Crippen LogP contribution < -0.4 is 4.74 Å². The summed E-state index contributed by atoms with van der Waals surface area (Å²) in [5.41, 5.74) is 1.02. The van der Waals surface area contributed by atoms with E-state index in [-0.39, 0.29) is 6.09 Å². The number of carbonyl (C=O) groups is 1. The highest BCUT2D eigenvalue weighted by atomic mass is 32.2. The predicted molar refractivity (Wildman–Crippen MR) is 83.3 cm³/mol. The largest absolute Gasteiger partial charge is 0.435 e. The second kappa shape index (κ2) is 7.70. The molecule has 1 aromatic rings. The fraction of sp³-hybridized carbons (Fsp3) is 0.500. The van der Waals surface area contributed by atoms with Crippen LogP contribution in [0.3, 0.4) is 0 Å². The van der Waals surface area contributed by atoms with Gasteiger partial charge in [-0.25, -0.2) is 4.79 Å². The van der Waals surface area contributed by atoms with Crippen LogP contribution in [0.2, 0.25) is 0 Å². The van der Waals surface area contributed by atoms with Crippen molar-refractivity contribution in [2.75, 3.05) is 0 Å². The fourth-order valence-electron chi connectivity index (χ4n) is 1.18. The minimum absolute atomic E-state index is 0.323. The summed E-state index contributed by atoms with van der Waals surface area (Å²) in [5, 5.41) is 0.645. The highest BCUT2D eigenvalue weighted by molar-refractivity contribution is 8.13. The molecule has 0 saturated heterocycles. The van der Waals surface area contributed by atoms with Gasteiger partial charge in [-0.3, -0.25) is 0 Å². The van der Waals surface area contributed by atoms with E-state index in [2.05, 4.69) is 6.07 Å². The molecule has 0 aromatic heterocycles. The molecule has 0 saturated carbocycles. The molecule has 0 unspecified atom stereocenters. The molecule has 0 heterocycles. The maximum atomic E-state index is 12.1. The highest BCUT2D eigenvalue weighted by Gasteiger charge is 2.20. The molecule has 3 nitrogen and oxygen atoms in total. The average molecular weight is 298 g/mol. The Morgan fingerprint density at radius 3 is 2.21 bits per heavy atom. The normalized spacial score (nSPS) is 10.9. The van der Waals surface area contributed by atoms with E-state index in [0.717, 1.165) is 5.56 Å².